The third kappa shape index (κ3) is 11.5. The van der Waals surface area contributed by atoms with Gasteiger partial charge in [-0.05, 0) is 89.6 Å². The Morgan fingerprint density at radius 1 is 0.756 bits per heavy atom. The minimum absolute atomic E-state index is 0.0262. The number of nitrogens with one attached hydrogen (secondary N) is 3. The summed E-state index contributed by atoms with van der Waals surface area (Å²) in [5.41, 5.74) is 1.53. The van der Waals surface area contributed by atoms with E-state index in [4.69, 9.17) is 9.47 Å². The number of carbonyl (C=O) groups excluding carboxylic acids is 4. The molecule has 1 aromatic heterocycles. The molecule has 1 heterocycles. The summed E-state index contributed by atoms with van der Waals surface area (Å²) < 4.78 is 10.7. The second-order valence-electron chi connectivity index (χ2n) is 12.5. The van der Waals surface area contributed by atoms with Crippen molar-refractivity contribution in [2.45, 2.75) is 59.3 Å². The zero-order valence-electron chi connectivity index (χ0n) is 27.1. The van der Waals surface area contributed by atoms with E-state index < -0.39 is 35.2 Å². The highest BCUT2D eigenvalue weighted by Gasteiger charge is 2.23. The second-order valence-corrected chi connectivity index (χ2v) is 12.5. The lowest BCUT2D eigenvalue weighted by Gasteiger charge is -2.25. The van der Waals surface area contributed by atoms with Crippen LogP contribution in [0.5, 0.6) is 0 Å². The second kappa shape index (κ2) is 14.6. The summed E-state index contributed by atoms with van der Waals surface area (Å²) in [5, 5.41) is 8.21. The molecule has 3 rings (SSSR count). The van der Waals surface area contributed by atoms with Crippen LogP contribution in [0.25, 0.3) is 0 Å². The molecular formula is C33H42N6O6. The van der Waals surface area contributed by atoms with Gasteiger partial charge in [0.2, 0.25) is 0 Å². The smallest absolute Gasteiger partial charge is 0.412 e. The molecule has 0 saturated carbocycles. The Balaban J connectivity index is 1.72. The Labute approximate surface area is 264 Å². The highest BCUT2D eigenvalue weighted by Crippen LogP contribution is 2.23. The van der Waals surface area contributed by atoms with Gasteiger partial charge in [0.1, 0.15) is 23.4 Å². The molecule has 0 atom stereocenters. The first-order valence-electron chi connectivity index (χ1n) is 14.4. The van der Waals surface area contributed by atoms with Crippen LogP contribution < -0.4 is 20.9 Å². The number of nitrogens with zero attached hydrogens (tertiary/aromatic N) is 3. The molecule has 0 bridgehead atoms. The largest absolute Gasteiger partial charge is 0.459 e. The average Bonchev–Trinajstić information content (AvgIpc) is 2.92. The van der Waals surface area contributed by atoms with Crippen LogP contribution in [-0.4, -0.2) is 65.7 Å². The summed E-state index contributed by atoms with van der Waals surface area (Å²) in [6, 6.07) is 16.6. The zero-order chi connectivity index (χ0) is 33.4. The van der Waals surface area contributed by atoms with Crippen molar-refractivity contribution in [3.05, 3.63) is 78.1 Å². The monoisotopic (exact) mass is 618 g/mol. The Bertz CT molecular complexity index is 1490. The molecule has 0 aliphatic rings. The Kier molecular flexibility index (Phi) is 11.1. The number of rotatable bonds is 9. The fourth-order valence-electron chi connectivity index (χ4n) is 3.95. The number of aromatic nitrogens is 1. The number of pyridine rings is 1. The van der Waals surface area contributed by atoms with Crippen LogP contribution in [0.2, 0.25) is 0 Å². The van der Waals surface area contributed by atoms with Crippen molar-refractivity contribution in [3.63, 3.8) is 0 Å². The highest BCUT2D eigenvalue weighted by molar-refractivity contribution is 6.05. The minimum atomic E-state index is -0.723. The maximum Gasteiger partial charge on any atom is 0.412 e. The van der Waals surface area contributed by atoms with Crippen molar-refractivity contribution in [1.82, 2.24) is 9.88 Å². The number of urea groups is 1. The molecule has 0 unspecified atom stereocenters. The van der Waals surface area contributed by atoms with Gasteiger partial charge in [-0.15, -0.1) is 0 Å². The Hall–Kier alpha value is -5.13. The lowest BCUT2D eigenvalue weighted by molar-refractivity contribution is -0.155. The summed E-state index contributed by atoms with van der Waals surface area (Å²) in [7, 11) is 3.84. The van der Waals surface area contributed by atoms with E-state index in [1.807, 2.05) is 31.1 Å². The average molecular weight is 619 g/mol. The number of ether oxygens (including phenoxy) is 2. The van der Waals surface area contributed by atoms with Crippen molar-refractivity contribution in [2.24, 2.45) is 0 Å². The fraction of sp³-hybridized carbons (Fsp3) is 0.364. The van der Waals surface area contributed by atoms with Crippen LogP contribution in [-0.2, 0) is 20.8 Å². The molecule has 0 spiro atoms. The van der Waals surface area contributed by atoms with Crippen LogP contribution >= 0.6 is 0 Å². The van der Waals surface area contributed by atoms with Crippen LogP contribution in [0.3, 0.4) is 0 Å². The first-order chi connectivity index (χ1) is 21.0. The normalized spacial score (nSPS) is 11.2. The number of carbonyl (C=O) groups is 4. The molecule has 0 aliphatic carbocycles. The van der Waals surface area contributed by atoms with Crippen molar-refractivity contribution < 1.29 is 28.7 Å². The van der Waals surface area contributed by atoms with Crippen LogP contribution in [0.1, 0.15) is 57.6 Å². The fourth-order valence-corrected chi connectivity index (χ4v) is 3.95. The van der Waals surface area contributed by atoms with Crippen LogP contribution in [0, 0.1) is 0 Å². The predicted octanol–water partition coefficient (Wildman–Crippen LogP) is 6.12. The van der Waals surface area contributed by atoms with Gasteiger partial charge < -0.3 is 29.9 Å². The van der Waals surface area contributed by atoms with E-state index in [2.05, 4.69) is 20.9 Å². The molecular weight excluding hydrogens is 576 g/mol. The van der Waals surface area contributed by atoms with Gasteiger partial charge in [-0.1, -0.05) is 18.2 Å². The van der Waals surface area contributed by atoms with E-state index in [1.54, 1.807) is 84.0 Å². The van der Waals surface area contributed by atoms with Gasteiger partial charge in [0.05, 0.1) is 11.4 Å². The lowest BCUT2D eigenvalue weighted by atomic mass is 10.2. The molecule has 12 nitrogen and oxygen atoms in total. The molecule has 240 valence electrons. The number of esters is 1. The highest BCUT2D eigenvalue weighted by atomic mass is 16.6. The zero-order valence-corrected chi connectivity index (χ0v) is 27.1. The number of hydrogen-bond acceptors (Lipinski definition) is 8. The SMILES string of the molecule is CN(C)c1ccc(NC(=O)N(CC(=O)OC(C)(C)C)Cc2ccc(C(=O)Nc3ccccc3NC(=O)OC(C)(C)C)nc2)cc1. The number of amides is 4. The number of hydrogen-bond donors (Lipinski definition) is 3. The molecule has 0 saturated heterocycles. The summed E-state index contributed by atoms with van der Waals surface area (Å²) in [5.74, 6) is -1.08. The lowest BCUT2D eigenvalue weighted by Crippen LogP contribution is -2.40. The first kappa shape index (κ1) is 34.4. The molecule has 2 aromatic carbocycles. The van der Waals surface area contributed by atoms with E-state index in [9.17, 15) is 19.2 Å². The Morgan fingerprint density at radius 3 is 1.89 bits per heavy atom. The quantitative estimate of drug-likeness (QED) is 0.244. The third-order valence-electron chi connectivity index (χ3n) is 5.90. The van der Waals surface area contributed by atoms with Crippen molar-refractivity contribution >= 4 is 46.8 Å². The minimum Gasteiger partial charge on any atom is -0.459 e. The third-order valence-corrected chi connectivity index (χ3v) is 5.90. The maximum atomic E-state index is 13.3. The van der Waals surface area contributed by atoms with E-state index >= 15 is 0 Å². The van der Waals surface area contributed by atoms with Gasteiger partial charge in [0, 0.05) is 38.2 Å². The molecule has 4 amide bonds. The predicted molar refractivity (Wildman–Crippen MR) is 175 cm³/mol. The first-order valence-corrected chi connectivity index (χ1v) is 14.4. The van der Waals surface area contributed by atoms with E-state index in [0.717, 1.165) is 5.69 Å². The molecule has 3 N–H and O–H groups in total. The summed E-state index contributed by atoms with van der Waals surface area (Å²) >= 11 is 0. The van der Waals surface area contributed by atoms with Gasteiger partial charge in [-0.2, -0.15) is 0 Å². The number of para-hydroxylation sites is 2. The number of benzene rings is 2. The van der Waals surface area contributed by atoms with Gasteiger partial charge in [-0.25, -0.2) is 9.59 Å². The Morgan fingerprint density at radius 2 is 1.36 bits per heavy atom. The molecule has 12 heteroatoms. The molecule has 0 fully saturated rings. The summed E-state index contributed by atoms with van der Waals surface area (Å²) in [4.78, 5) is 58.7. The van der Waals surface area contributed by atoms with Crippen LogP contribution in [0.4, 0.5) is 32.3 Å². The molecule has 45 heavy (non-hydrogen) atoms. The molecule has 3 aromatic rings. The standard InChI is InChI=1S/C33H42N6O6/c1-32(2,3)44-28(40)21-39(30(42)35-23-14-16-24(17-15-23)38(7)8)20-22-13-18-27(34-19-22)29(41)36-25-11-9-10-12-26(25)37-31(43)45-33(4,5)6/h9-19H,20-21H2,1-8H3,(H,35,42)(H,36,41)(H,37,43). The van der Waals surface area contributed by atoms with Gasteiger partial charge in [0.25, 0.3) is 5.91 Å². The van der Waals surface area contributed by atoms with Crippen molar-refractivity contribution in [3.8, 4) is 0 Å². The topological polar surface area (TPSA) is 142 Å². The molecule has 0 radical (unpaired) electrons. The van der Waals surface area contributed by atoms with Crippen LogP contribution in [0.15, 0.2) is 66.9 Å². The van der Waals surface area contributed by atoms with Gasteiger partial charge in [-0.3, -0.25) is 19.9 Å². The van der Waals surface area contributed by atoms with E-state index in [1.165, 1.54) is 17.2 Å². The summed E-state index contributed by atoms with van der Waals surface area (Å²) in [6.07, 6.45) is 0.804. The van der Waals surface area contributed by atoms with Crippen molar-refractivity contribution in [2.75, 3.05) is 41.5 Å². The number of anilines is 4. The van der Waals surface area contributed by atoms with E-state index in [0.29, 0.717) is 22.6 Å². The molecule has 0 aliphatic heterocycles. The van der Waals surface area contributed by atoms with Gasteiger partial charge >= 0.3 is 18.1 Å². The van der Waals surface area contributed by atoms with Crippen molar-refractivity contribution in [1.29, 1.82) is 0 Å². The maximum absolute atomic E-state index is 13.3. The van der Waals surface area contributed by atoms with E-state index in [-0.39, 0.29) is 18.8 Å². The summed E-state index contributed by atoms with van der Waals surface area (Å²) in [6.45, 7) is 10.2. The van der Waals surface area contributed by atoms with Gasteiger partial charge in [0.15, 0.2) is 0 Å².